The lowest BCUT2D eigenvalue weighted by Gasteiger charge is -2.14. The Kier molecular flexibility index (Phi) is 5.22. The van der Waals surface area contributed by atoms with Crippen molar-refractivity contribution in [1.29, 1.82) is 0 Å². The molecule has 2 aromatic rings. The Labute approximate surface area is 136 Å². The molecule has 1 aromatic heterocycles. The van der Waals surface area contributed by atoms with Gasteiger partial charge in [-0.2, -0.15) is 4.98 Å². The van der Waals surface area contributed by atoms with Crippen LogP contribution in [0.15, 0.2) is 38.2 Å². The number of benzene rings is 1. The summed E-state index contributed by atoms with van der Waals surface area (Å²) in [7, 11) is 0. The summed E-state index contributed by atoms with van der Waals surface area (Å²) in [4.78, 5) is 17.3. The summed E-state index contributed by atoms with van der Waals surface area (Å²) in [5, 5.41) is 3.92. The van der Waals surface area contributed by atoms with Crippen LogP contribution in [-0.2, 0) is 17.0 Å². The third-order valence-corrected chi connectivity index (χ3v) is 4.38. The van der Waals surface area contributed by atoms with Gasteiger partial charge in [-0.1, -0.05) is 41.9 Å². The molecule has 21 heavy (non-hydrogen) atoms. The van der Waals surface area contributed by atoms with Gasteiger partial charge < -0.3 is 4.52 Å². The smallest absolute Gasteiger partial charge is 0.234 e. The van der Waals surface area contributed by atoms with Crippen LogP contribution >= 0.6 is 27.7 Å². The Morgan fingerprint density at radius 3 is 2.57 bits per heavy atom. The predicted molar refractivity (Wildman–Crippen MR) is 86.2 cm³/mol. The van der Waals surface area contributed by atoms with Crippen molar-refractivity contribution < 1.29 is 9.32 Å². The number of Topliss-reactive ketones (excluding diaryl/α,β-unsaturated/α-hetero) is 1. The zero-order valence-electron chi connectivity index (χ0n) is 12.2. The molecule has 112 valence electrons. The maximum atomic E-state index is 11.9. The SMILES string of the molecule is CC(C)(C)C(=O)Cc1nc(CSc2ccc(Br)cc2)no1. The highest BCUT2D eigenvalue weighted by Crippen LogP contribution is 2.23. The molecule has 1 heterocycles. The van der Waals surface area contributed by atoms with E-state index in [0.29, 0.717) is 17.5 Å². The van der Waals surface area contributed by atoms with Crippen molar-refractivity contribution in [3.05, 3.63) is 40.5 Å². The molecule has 0 radical (unpaired) electrons. The van der Waals surface area contributed by atoms with Crippen LogP contribution in [0.4, 0.5) is 0 Å². The summed E-state index contributed by atoms with van der Waals surface area (Å²) in [5.41, 5.74) is -0.388. The number of carbonyl (C=O) groups excluding carboxylic acids is 1. The molecule has 0 saturated carbocycles. The van der Waals surface area contributed by atoms with E-state index in [9.17, 15) is 4.79 Å². The predicted octanol–water partition coefficient (Wildman–Crippen LogP) is 4.28. The van der Waals surface area contributed by atoms with E-state index in [1.807, 2.05) is 45.0 Å². The van der Waals surface area contributed by atoms with E-state index < -0.39 is 0 Å². The van der Waals surface area contributed by atoms with E-state index in [2.05, 4.69) is 26.1 Å². The Morgan fingerprint density at radius 1 is 1.29 bits per heavy atom. The van der Waals surface area contributed by atoms with E-state index in [0.717, 1.165) is 9.37 Å². The summed E-state index contributed by atoms with van der Waals surface area (Å²) < 4.78 is 6.19. The first kappa shape index (κ1) is 16.2. The second kappa shape index (κ2) is 6.75. The van der Waals surface area contributed by atoms with Gasteiger partial charge >= 0.3 is 0 Å². The number of aromatic nitrogens is 2. The topological polar surface area (TPSA) is 56.0 Å². The maximum Gasteiger partial charge on any atom is 0.234 e. The third kappa shape index (κ3) is 4.97. The number of thioether (sulfide) groups is 1. The van der Waals surface area contributed by atoms with Gasteiger partial charge in [-0.15, -0.1) is 11.8 Å². The average Bonchev–Trinajstić information content (AvgIpc) is 2.85. The molecule has 6 heteroatoms. The van der Waals surface area contributed by atoms with Gasteiger partial charge in [-0.25, -0.2) is 0 Å². The van der Waals surface area contributed by atoms with Gasteiger partial charge in [0, 0.05) is 14.8 Å². The highest BCUT2D eigenvalue weighted by molar-refractivity contribution is 9.10. The van der Waals surface area contributed by atoms with Gasteiger partial charge in [0.15, 0.2) is 5.82 Å². The Bertz CT molecular complexity index is 617. The number of rotatable bonds is 5. The van der Waals surface area contributed by atoms with Gasteiger partial charge in [0.1, 0.15) is 5.78 Å². The van der Waals surface area contributed by atoms with E-state index >= 15 is 0 Å². The molecule has 0 N–H and O–H groups in total. The molecular formula is C15H17BrN2O2S. The largest absolute Gasteiger partial charge is 0.339 e. The van der Waals surface area contributed by atoms with Gasteiger partial charge in [0.25, 0.3) is 0 Å². The Hall–Kier alpha value is -1.14. The van der Waals surface area contributed by atoms with Crippen molar-refractivity contribution >= 4 is 33.5 Å². The van der Waals surface area contributed by atoms with Crippen LogP contribution in [0.5, 0.6) is 0 Å². The lowest BCUT2D eigenvalue weighted by atomic mass is 9.89. The van der Waals surface area contributed by atoms with Crippen LogP contribution in [0, 0.1) is 5.41 Å². The molecule has 0 aliphatic heterocycles. The average molecular weight is 369 g/mol. The number of nitrogens with zero attached hydrogens (tertiary/aromatic N) is 2. The molecule has 4 nitrogen and oxygen atoms in total. The van der Waals surface area contributed by atoms with Crippen molar-refractivity contribution in [3.8, 4) is 0 Å². The molecule has 0 unspecified atom stereocenters. The van der Waals surface area contributed by atoms with E-state index in [4.69, 9.17) is 4.52 Å². The first-order valence-corrected chi connectivity index (χ1v) is 8.35. The molecule has 0 aliphatic rings. The molecule has 0 fully saturated rings. The lowest BCUT2D eigenvalue weighted by Crippen LogP contribution is -2.22. The molecule has 0 aliphatic carbocycles. The summed E-state index contributed by atoms with van der Waals surface area (Å²) in [6.45, 7) is 5.65. The van der Waals surface area contributed by atoms with Gasteiger partial charge in [0.05, 0.1) is 12.2 Å². The van der Waals surface area contributed by atoms with Crippen LogP contribution < -0.4 is 0 Å². The number of hydrogen-bond acceptors (Lipinski definition) is 5. The first-order chi connectivity index (χ1) is 9.84. The normalized spacial score (nSPS) is 11.6. The summed E-state index contributed by atoms with van der Waals surface area (Å²) in [5.74, 6) is 1.72. The molecule has 0 saturated heterocycles. The number of halogens is 1. The van der Waals surface area contributed by atoms with Crippen LogP contribution in [0.1, 0.15) is 32.5 Å². The fourth-order valence-electron chi connectivity index (χ4n) is 1.50. The van der Waals surface area contributed by atoms with Crippen LogP contribution in [-0.4, -0.2) is 15.9 Å². The number of hydrogen-bond donors (Lipinski definition) is 0. The quantitative estimate of drug-likeness (QED) is 0.737. The Balaban J connectivity index is 1.91. The maximum absolute atomic E-state index is 11.9. The zero-order chi connectivity index (χ0) is 15.5. The number of ketones is 1. The lowest BCUT2D eigenvalue weighted by molar-refractivity contribution is -0.125. The van der Waals surface area contributed by atoms with Crippen molar-refractivity contribution in [3.63, 3.8) is 0 Å². The molecule has 0 amide bonds. The number of carbonyl (C=O) groups is 1. The van der Waals surface area contributed by atoms with Crippen molar-refractivity contribution in [2.24, 2.45) is 5.41 Å². The molecular weight excluding hydrogens is 352 g/mol. The van der Waals surface area contributed by atoms with Gasteiger partial charge in [0.2, 0.25) is 5.89 Å². The van der Waals surface area contributed by atoms with Crippen LogP contribution in [0.3, 0.4) is 0 Å². The highest BCUT2D eigenvalue weighted by atomic mass is 79.9. The zero-order valence-corrected chi connectivity index (χ0v) is 14.6. The van der Waals surface area contributed by atoms with Crippen molar-refractivity contribution in [2.75, 3.05) is 0 Å². The minimum Gasteiger partial charge on any atom is -0.339 e. The summed E-state index contributed by atoms with van der Waals surface area (Å²) in [6, 6.07) is 8.04. The second-order valence-corrected chi connectivity index (χ2v) is 7.66. The molecule has 0 bridgehead atoms. The van der Waals surface area contributed by atoms with E-state index in [-0.39, 0.29) is 17.6 Å². The van der Waals surface area contributed by atoms with Crippen LogP contribution in [0.2, 0.25) is 0 Å². The minimum atomic E-state index is -0.388. The fourth-order valence-corrected chi connectivity index (χ4v) is 2.51. The Morgan fingerprint density at radius 2 is 1.95 bits per heavy atom. The summed E-state index contributed by atoms with van der Waals surface area (Å²) >= 11 is 5.03. The van der Waals surface area contributed by atoms with Gasteiger partial charge in [-0.05, 0) is 24.3 Å². The molecule has 0 spiro atoms. The van der Waals surface area contributed by atoms with Gasteiger partial charge in [-0.3, -0.25) is 4.79 Å². The molecule has 2 rings (SSSR count). The van der Waals surface area contributed by atoms with E-state index in [1.165, 1.54) is 0 Å². The monoisotopic (exact) mass is 368 g/mol. The van der Waals surface area contributed by atoms with Crippen molar-refractivity contribution in [2.45, 2.75) is 37.8 Å². The van der Waals surface area contributed by atoms with E-state index in [1.54, 1.807) is 11.8 Å². The molecule has 0 atom stereocenters. The summed E-state index contributed by atoms with van der Waals surface area (Å²) in [6.07, 6.45) is 0.194. The van der Waals surface area contributed by atoms with Crippen molar-refractivity contribution in [1.82, 2.24) is 10.1 Å². The fraction of sp³-hybridized carbons (Fsp3) is 0.400. The molecule has 1 aromatic carbocycles. The highest BCUT2D eigenvalue weighted by Gasteiger charge is 2.23. The van der Waals surface area contributed by atoms with Crippen LogP contribution in [0.25, 0.3) is 0 Å². The standard InChI is InChI=1S/C15H17BrN2O2S/c1-15(2,3)12(19)8-14-17-13(18-20-14)9-21-11-6-4-10(16)5-7-11/h4-7H,8-9H2,1-3H3. The first-order valence-electron chi connectivity index (χ1n) is 6.58. The third-order valence-electron chi connectivity index (χ3n) is 2.84. The minimum absolute atomic E-state index is 0.0956. The second-order valence-electron chi connectivity index (χ2n) is 5.70.